The maximum absolute atomic E-state index is 13.0. The standard InChI is InChI=1S/C24H26INO3/c25-20-12-17-13-21-18-8-4-5-9-24(18,19(17)14-22(20)27)10-11-26(21)23(28)29-15-16-6-2-1-3-7-16/h1-3,6-7,12,14,18,21,27H,4-5,8-11,13,15H2/t18?,21-,24-/m0/s1. The molecule has 2 bridgehead atoms. The number of aromatic hydroxyl groups is 1. The van der Waals surface area contributed by atoms with Crippen molar-refractivity contribution in [3.05, 3.63) is 62.7 Å². The monoisotopic (exact) mass is 503 g/mol. The number of rotatable bonds is 2. The molecule has 1 aliphatic heterocycles. The lowest BCUT2D eigenvalue weighted by atomic mass is 9.52. The second kappa shape index (κ2) is 7.49. The number of fused-ring (bicyclic) bond motifs is 1. The fourth-order valence-corrected chi connectivity index (χ4v) is 6.58. The summed E-state index contributed by atoms with van der Waals surface area (Å²) in [6.45, 7) is 1.06. The van der Waals surface area contributed by atoms with Gasteiger partial charge in [-0.05, 0) is 83.0 Å². The summed E-state index contributed by atoms with van der Waals surface area (Å²) < 4.78 is 6.60. The first kappa shape index (κ1) is 19.2. The van der Waals surface area contributed by atoms with Crippen LogP contribution in [-0.2, 0) is 23.2 Å². The molecule has 1 amide bonds. The molecule has 1 heterocycles. The van der Waals surface area contributed by atoms with Crippen molar-refractivity contribution >= 4 is 28.7 Å². The summed E-state index contributed by atoms with van der Waals surface area (Å²) in [6, 6.07) is 14.2. The lowest BCUT2D eigenvalue weighted by Gasteiger charge is -2.58. The number of nitrogens with zero attached hydrogens (tertiary/aromatic N) is 1. The zero-order valence-electron chi connectivity index (χ0n) is 16.4. The summed E-state index contributed by atoms with van der Waals surface area (Å²) in [7, 11) is 0. The number of piperidine rings is 1. The second-order valence-corrected chi connectivity index (χ2v) is 9.89. The van der Waals surface area contributed by atoms with Crippen molar-refractivity contribution in [2.45, 2.75) is 56.6 Å². The molecule has 3 aliphatic rings. The smallest absolute Gasteiger partial charge is 0.410 e. The molecule has 1 unspecified atom stereocenters. The van der Waals surface area contributed by atoms with E-state index in [0.717, 1.165) is 41.4 Å². The molecular weight excluding hydrogens is 477 g/mol. The number of phenols is 1. The molecular formula is C24H26INO3. The number of halogens is 1. The van der Waals surface area contributed by atoms with E-state index in [9.17, 15) is 9.90 Å². The molecule has 2 aliphatic carbocycles. The van der Waals surface area contributed by atoms with E-state index in [2.05, 4.69) is 28.7 Å². The molecule has 0 radical (unpaired) electrons. The lowest BCUT2D eigenvalue weighted by Crippen LogP contribution is -2.62. The van der Waals surface area contributed by atoms with E-state index < -0.39 is 0 Å². The molecule has 29 heavy (non-hydrogen) atoms. The average Bonchev–Trinajstić information content (AvgIpc) is 2.74. The highest BCUT2D eigenvalue weighted by Gasteiger charge is 2.55. The van der Waals surface area contributed by atoms with Crippen LogP contribution in [0.1, 0.15) is 48.8 Å². The third-order valence-electron chi connectivity index (χ3n) is 7.34. The van der Waals surface area contributed by atoms with E-state index in [1.54, 1.807) is 0 Å². The Morgan fingerprint density at radius 3 is 2.86 bits per heavy atom. The number of carbonyl (C=O) groups is 1. The van der Waals surface area contributed by atoms with Gasteiger partial charge in [0, 0.05) is 18.0 Å². The molecule has 2 fully saturated rings. The van der Waals surface area contributed by atoms with Crippen molar-refractivity contribution in [2.75, 3.05) is 6.54 Å². The number of benzene rings is 2. The van der Waals surface area contributed by atoms with Crippen LogP contribution in [0.5, 0.6) is 5.75 Å². The summed E-state index contributed by atoms with van der Waals surface area (Å²) >= 11 is 2.20. The molecule has 3 atom stereocenters. The highest BCUT2D eigenvalue weighted by molar-refractivity contribution is 14.1. The van der Waals surface area contributed by atoms with Gasteiger partial charge in [-0.15, -0.1) is 0 Å². The Morgan fingerprint density at radius 1 is 1.21 bits per heavy atom. The van der Waals surface area contributed by atoms with E-state index in [4.69, 9.17) is 4.74 Å². The zero-order valence-corrected chi connectivity index (χ0v) is 18.6. The summed E-state index contributed by atoms with van der Waals surface area (Å²) in [5, 5.41) is 10.4. The second-order valence-electron chi connectivity index (χ2n) is 8.72. The van der Waals surface area contributed by atoms with Crippen LogP contribution in [0.3, 0.4) is 0 Å². The van der Waals surface area contributed by atoms with Gasteiger partial charge in [0.1, 0.15) is 12.4 Å². The molecule has 1 N–H and O–H groups in total. The van der Waals surface area contributed by atoms with Gasteiger partial charge in [-0.1, -0.05) is 43.2 Å². The third kappa shape index (κ3) is 3.22. The van der Waals surface area contributed by atoms with E-state index in [0.29, 0.717) is 18.3 Å². The summed E-state index contributed by atoms with van der Waals surface area (Å²) in [6.07, 6.45) is 6.40. The van der Waals surface area contributed by atoms with Crippen LogP contribution in [-0.4, -0.2) is 28.7 Å². The molecule has 2 aromatic rings. The van der Waals surface area contributed by atoms with E-state index in [1.165, 1.54) is 24.0 Å². The SMILES string of the molecule is O=C(OCc1ccccc1)N1CC[C@@]23CCCCC2[C@@H]1Cc1cc(I)c(O)cc13. The number of amides is 1. The Balaban J connectivity index is 1.44. The van der Waals surface area contributed by atoms with Crippen LogP contribution < -0.4 is 0 Å². The Labute approximate surface area is 185 Å². The van der Waals surface area contributed by atoms with E-state index >= 15 is 0 Å². The lowest BCUT2D eigenvalue weighted by molar-refractivity contribution is -0.0137. The van der Waals surface area contributed by atoms with Gasteiger partial charge >= 0.3 is 6.09 Å². The predicted molar refractivity (Wildman–Crippen MR) is 120 cm³/mol. The molecule has 5 heteroatoms. The van der Waals surface area contributed by atoms with Crippen LogP contribution in [0.25, 0.3) is 0 Å². The molecule has 0 spiro atoms. The quantitative estimate of drug-likeness (QED) is 0.560. The van der Waals surface area contributed by atoms with Crippen molar-refractivity contribution in [1.82, 2.24) is 4.90 Å². The van der Waals surface area contributed by atoms with Crippen LogP contribution >= 0.6 is 22.6 Å². The number of hydrogen-bond donors (Lipinski definition) is 1. The van der Waals surface area contributed by atoms with Crippen LogP contribution in [0.15, 0.2) is 42.5 Å². The molecule has 1 saturated carbocycles. The first-order chi connectivity index (χ1) is 14.1. The van der Waals surface area contributed by atoms with Gasteiger partial charge in [0.15, 0.2) is 0 Å². The van der Waals surface area contributed by atoms with Crippen molar-refractivity contribution in [3.8, 4) is 5.75 Å². The number of likely N-dealkylation sites (tertiary alicyclic amines) is 1. The fraction of sp³-hybridized carbons (Fsp3) is 0.458. The van der Waals surface area contributed by atoms with Crippen molar-refractivity contribution in [1.29, 1.82) is 0 Å². The molecule has 1 saturated heterocycles. The normalized spacial score (nSPS) is 27.7. The van der Waals surface area contributed by atoms with Gasteiger partial charge in [0.05, 0.1) is 3.57 Å². The summed E-state index contributed by atoms with van der Waals surface area (Å²) in [5.41, 5.74) is 3.77. The minimum absolute atomic E-state index is 0.106. The van der Waals surface area contributed by atoms with Crippen LogP contribution in [0.4, 0.5) is 4.79 Å². The maximum atomic E-state index is 13.0. The Morgan fingerprint density at radius 2 is 2.03 bits per heavy atom. The summed E-state index contributed by atoms with van der Waals surface area (Å²) in [5.74, 6) is 0.854. The Hall–Kier alpha value is -1.76. The first-order valence-corrected chi connectivity index (χ1v) is 11.7. The van der Waals surface area contributed by atoms with Gasteiger partial charge < -0.3 is 14.7 Å². The fourth-order valence-electron chi connectivity index (χ4n) is 6.05. The molecule has 0 aromatic heterocycles. The zero-order chi connectivity index (χ0) is 20.0. The maximum Gasteiger partial charge on any atom is 0.410 e. The van der Waals surface area contributed by atoms with E-state index in [-0.39, 0.29) is 17.6 Å². The van der Waals surface area contributed by atoms with Gasteiger partial charge in [0.2, 0.25) is 0 Å². The van der Waals surface area contributed by atoms with Crippen LogP contribution in [0, 0.1) is 9.49 Å². The number of ether oxygens (including phenoxy) is 1. The molecule has 4 nitrogen and oxygen atoms in total. The highest BCUT2D eigenvalue weighted by atomic mass is 127. The first-order valence-electron chi connectivity index (χ1n) is 10.6. The molecule has 152 valence electrons. The van der Waals surface area contributed by atoms with Gasteiger partial charge in [0.25, 0.3) is 0 Å². The number of phenolic OH excluding ortho intramolecular Hbond substituents is 1. The topological polar surface area (TPSA) is 49.8 Å². The van der Waals surface area contributed by atoms with Crippen molar-refractivity contribution in [2.24, 2.45) is 5.92 Å². The van der Waals surface area contributed by atoms with Crippen molar-refractivity contribution in [3.63, 3.8) is 0 Å². The number of hydrogen-bond acceptors (Lipinski definition) is 3. The van der Waals surface area contributed by atoms with Crippen molar-refractivity contribution < 1.29 is 14.6 Å². The Kier molecular flexibility index (Phi) is 4.96. The Bertz CT molecular complexity index is 931. The molecule has 2 aromatic carbocycles. The van der Waals surface area contributed by atoms with Gasteiger partial charge in [-0.2, -0.15) is 0 Å². The third-order valence-corrected chi connectivity index (χ3v) is 8.20. The van der Waals surface area contributed by atoms with Crippen LogP contribution in [0.2, 0.25) is 0 Å². The average molecular weight is 503 g/mol. The molecule has 5 rings (SSSR count). The largest absolute Gasteiger partial charge is 0.507 e. The predicted octanol–water partition coefficient (Wildman–Crippen LogP) is 5.39. The van der Waals surface area contributed by atoms with E-state index in [1.807, 2.05) is 41.3 Å². The number of carbonyl (C=O) groups excluding carboxylic acids is 1. The minimum atomic E-state index is -0.185. The summed E-state index contributed by atoms with van der Waals surface area (Å²) in [4.78, 5) is 15.0. The van der Waals surface area contributed by atoms with Gasteiger partial charge in [-0.25, -0.2) is 4.79 Å². The van der Waals surface area contributed by atoms with Gasteiger partial charge in [-0.3, -0.25) is 0 Å². The highest BCUT2D eigenvalue weighted by Crippen LogP contribution is 2.56. The minimum Gasteiger partial charge on any atom is -0.507 e.